The van der Waals surface area contributed by atoms with Crippen LogP contribution in [0.25, 0.3) is 0 Å². The first-order chi connectivity index (χ1) is 15.0. The topological polar surface area (TPSA) is 73.9 Å². The summed E-state index contributed by atoms with van der Waals surface area (Å²) in [4.78, 5) is 26.0. The molecule has 6 heteroatoms. The van der Waals surface area contributed by atoms with Crippen molar-refractivity contribution in [3.05, 3.63) is 59.7 Å². The molecule has 1 atom stereocenters. The zero-order valence-electron chi connectivity index (χ0n) is 18.5. The normalized spacial score (nSPS) is 16.2. The van der Waals surface area contributed by atoms with E-state index in [1.54, 1.807) is 25.1 Å². The van der Waals surface area contributed by atoms with E-state index in [2.05, 4.69) is 5.32 Å². The van der Waals surface area contributed by atoms with E-state index in [9.17, 15) is 9.59 Å². The van der Waals surface area contributed by atoms with Crippen molar-refractivity contribution in [2.24, 2.45) is 0 Å². The third kappa shape index (κ3) is 5.25. The van der Waals surface area contributed by atoms with Gasteiger partial charge in [0.2, 0.25) is 5.91 Å². The molecule has 1 aliphatic heterocycles. The second-order valence-electron chi connectivity index (χ2n) is 7.78. The van der Waals surface area contributed by atoms with Gasteiger partial charge in [0.1, 0.15) is 11.3 Å². The Labute approximate surface area is 183 Å². The molecule has 2 aromatic rings. The average molecular weight is 426 g/mol. The summed E-state index contributed by atoms with van der Waals surface area (Å²) in [6.07, 6.45) is 1.96. The van der Waals surface area contributed by atoms with E-state index in [1.807, 2.05) is 44.2 Å². The van der Waals surface area contributed by atoms with Crippen molar-refractivity contribution in [1.29, 1.82) is 0 Å². The van der Waals surface area contributed by atoms with Crippen molar-refractivity contribution in [3.8, 4) is 5.75 Å². The number of hydrogen-bond donors (Lipinski definition) is 1. The highest BCUT2D eigenvalue weighted by atomic mass is 16.5. The molecule has 166 valence electrons. The number of anilines is 1. The fourth-order valence-corrected chi connectivity index (χ4v) is 3.75. The van der Waals surface area contributed by atoms with E-state index >= 15 is 0 Å². The Balaban J connectivity index is 1.90. The maximum atomic E-state index is 13.5. The van der Waals surface area contributed by atoms with E-state index in [4.69, 9.17) is 14.2 Å². The lowest BCUT2D eigenvalue weighted by molar-refractivity contribution is -0.125. The molecule has 0 spiro atoms. The zero-order chi connectivity index (χ0) is 22.3. The first-order valence-electron chi connectivity index (χ1n) is 10.9. The second kappa shape index (κ2) is 10.4. The molecule has 3 rings (SSSR count). The summed E-state index contributed by atoms with van der Waals surface area (Å²) in [5, 5.41) is 3.03. The van der Waals surface area contributed by atoms with Crippen LogP contribution in [0.15, 0.2) is 48.5 Å². The van der Waals surface area contributed by atoms with Crippen molar-refractivity contribution in [3.63, 3.8) is 0 Å². The highest BCUT2D eigenvalue weighted by molar-refractivity contribution is 6.01. The third-order valence-electron chi connectivity index (χ3n) is 5.74. The second-order valence-corrected chi connectivity index (χ2v) is 7.78. The first-order valence-corrected chi connectivity index (χ1v) is 10.9. The molecule has 6 nitrogen and oxygen atoms in total. The van der Waals surface area contributed by atoms with Crippen LogP contribution in [0.2, 0.25) is 0 Å². The Morgan fingerprint density at radius 2 is 1.81 bits per heavy atom. The number of benzene rings is 2. The fourth-order valence-electron chi connectivity index (χ4n) is 3.75. The molecule has 0 saturated carbocycles. The Morgan fingerprint density at radius 3 is 2.45 bits per heavy atom. The van der Waals surface area contributed by atoms with Crippen LogP contribution in [0, 0.1) is 0 Å². The van der Waals surface area contributed by atoms with Crippen molar-refractivity contribution >= 4 is 17.6 Å². The van der Waals surface area contributed by atoms with Crippen LogP contribution in [0.4, 0.5) is 5.69 Å². The maximum absolute atomic E-state index is 13.5. The molecule has 0 radical (unpaired) electrons. The molecule has 2 aromatic carbocycles. The molecule has 1 amide bonds. The van der Waals surface area contributed by atoms with Gasteiger partial charge in [-0.2, -0.15) is 0 Å². The molecular weight excluding hydrogens is 394 g/mol. The van der Waals surface area contributed by atoms with Gasteiger partial charge in [-0.05, 0) is 56.9 Å². The van der Waals surface area contributed by atoms with Crippen LogP contribution in [0.5, 0.6) is 5.75 Å². The average Bonchev–Trinajstić information content (AvgIpc) is 2.81. The fraction of sp³-hybridized carbons (Fsp3) is 0.440. The minimum absolute atomic E-state index is 0.0443. The number of esters is 1. The molecule has 1 unspecified atom stereocenters. The minimum Gasteiger partial charge on any atom is -0.490 e. The molecule has 0 aromatic heterocycles. The molecule has 0 aliphatic carbocycles. The van der Waals surface area contributed by atoms with Crippen LogP contribution < -0.4 is 10.1 Å². The predicted molar refractivity (Wildman–Crippen MR) is 120 cm³/mol. The van der Waals surface area contributed by atoms with Gasteiger partial charge in [0, 0.05) is 18.9 Å². The number of ether oxygens (including phenoxy) is 3. The summed E-state index contributed by atoms with van der Waals surface area (Å²) in [5.74, 6) is -0.122. The van der Waals surface area contributed by atoms with Crippen LogP contribution in [-0.4, -0.2) is 37.8 Å². The lowest BCUT2D eigenvalue weighted by Crippen LogP contribution is -2.44. The number of rotatable bonds is 8. The van der Waals surface area contributed by atoms with Crippen molar-refractivity contribution in [1.82, 2.24) is 0 Å². The summed E-state index contributed by atoms with van der Waals surface area (Å²) in [7, 11) is 0. The Bertz CT molecular complexity index is 890. The molecule has 1 fully saturated rings. The Morgan fingerprint density at radius 1 is 1.10 bits per heavy atom. The molecule has 0 bridgehead atoms. The standard InChI is InChI=1S/C25H31NO5/c1-4-18(3)31-22-12-11-20(17-21(22)23(27)30-5-2)26-24(28)25(13-15-29-16-14-25)19-9-7-6-8-10-19/h6-12,17-18H,4-5,13-16H2,1-3H3,(H,26,28). The van der Waals surface area contributed by atoms with Gasteiger partial charge in [0.15, 0.2) is 0 Å². The molecule has 1 aliphatic rings. The van der Waals surface area contributed by atoms with E-state index in [1.165, 1.54) is 0 Å². The van der Waals surface area contributed by atoms with Gasteiger partial charge in [0.25, 0.3) is 0 Å². The smallest absolute Gasteiger partial charge is 0.341 e. The summed E-state index contributed by atoms with van der Waals surface area (Å²) < 4.78 is 16.6. The van der Waals surface area contributed by atoms with Gasteiger partial charge in [-0.15, -0.1) is 0 Å². The number of amides is 1. The van der Waals surface area contributed by atoms with Crippen LogP contribution in [0.1, 0.15) is 56.0 Å². The molecule has 31 heavy (non-hydrogen) atoms. The van der Waals surface area contributed by atoms with Crippen LogP contribution in [-0.2, 0) is 19.7 Å². The van der Waals surface area contributed by atoms with Crippen molar-refractivity contribution in [2.45, 2.75) is 51.6 Å². The third-order valence-corrected chi connectivity index (χ3v) is 5.74. The summed E-state index contributed by atoms with van der Waals surface area (Å²) in [5.41, 5.74) is 1.14. The Kier molecular flexibility index (Phi) is 7.69. The summed E-state index contributed by atoms with van der Waals surface area (Å²) in [6, 6.07) is 14.9. The lowest BCUT2D eigenvalue weighted by Gasteiger charge is -2.36. The first kappa shape index (κ1) is 22.8. The number of hydrogen-bond acceptors (Lipinski definition) is 5. The monoisotopic (exact) mass is 425 g/mol. The van der Waals surface area contributed by atoms with Crippen molar-refractivity contribution < 1.29 is 23.8 Å². The number of carbonyl (C=O) groups excluding carboxylic acids is 2. The maximum Gasteiger partial charge on any atom is 0.341 e. The van der Waals surface area contributed by atoms with Gasteiger partial charge < -0.3 is 19.5 Å². The van der Waals surface area contributed by atoms with E-state index in [-0.39, 0.29) is 18.6 Å². The summed E-state index contributed by atoms with van der Waals surface area (Å²) in [6.45, 7) is 7.03. The van der Waals surface area contributed by atoms with Gasteiger partial charge in [-0.3, -0.25) is 4.79 Å². The summed E-state index contributed by atoms with van der Waals surface area (Å²) >= 11 is 0. The van der Waals surface area contributed by atoms with E-state index in [0.29, 0.717) is 43.1 Å². The van der Waals surface area contributed by atoms with E-state index < -0.39 is 11.4 Å². The number of nitrogens with one attached hydrogen (secondary N) is 1. The zero-order valence-corrected chi connectivity index (χ0v) is 18.5. The predicted octanol–water partition coefficient (Wildman–Crippen LogP) is 4.73. The lowest BCUT2D eigenvalue weighted by atomic mass is 9.73. The van der Waals surface area contributed by atoms with Gasteiger partial charge in [0.05, 0.1) is 18.1 Å². The van der Waals surface area contributed by atoms with Crippen LogP contribution >= 0.6 is 0 Å². The molecule has 1 saturated heterocycles. The highest BCUT2D eigenvalue weighted by Gasteiger charge is 2.41. The SMILES string of the molecule is CCOC(=O)c1cc(NC(=O)C2(c3ccccc3)CCOCC2)ccc1OC(C)CC. The van der Waals surface area contributed by atoms with Gasteiger partial charge in [-0.1, -0.05) is 37.3 Å². The largest absolute Gasteiger partial charge is 0.490 e. The van der Waals surface area contributed by atoms with Crippen LogP contribution in [0.3, 0.4) is 0 Å². The quantitative estimate of drug-likeness (QED) is 0.619. The molecule has 1 N–H and O–H groups in total. The molecular formula is C25H31NO5. The number of carbonyl (C=O) groups is 2. The van der Waals surface area contributed by atoms with Crippen molar-refractivity contribution in [2.75, 3.05) is 25.1 Å². The van der Waals surface area contributed by atoms with E-state index in [0.717, 1.165) is 12.0 Å². The highest BCUT2D eigenvalue weighted by Crippen LogP contribution is 2.36. The van der Waals surface area contributed by atoms with Gasteiger partial charge >= 0.3 is 5.97 Å². The molecule has 1 heterocycles. The van der Waals surface area contributed by atoms with Gasteiger partial charge in [-0.25, -0.2) is 4.79 Å². The minimum atomic E-state index is -0.671. The Hall–Kier alpha value is -2.86.